The number of rotatable bonds is 6. The maximum Gasteiger partial charge on any atom is 0.328 e. The number of aromatic nitrogens is 4. The summed E-state index contributed by atoms with van der Waals surface area (Å²) in [6.45, 7) is 4.08. The molecule has 1 aromatic carbocycles. The number of anilines is 1. The molecule has 0 saturated heterocycles. The molecule has 0 fully saturated rings. The van der Waals surface area contributed by atoms with Crippen molar-refractivity contribution in [3.63, 3.8) is 0 Å². The molecule has 140 valence electrons. The van der Waals surface area contributed by atoms with E-state index < -0.39 is 17.9 Å². The van der Waals surface area contributed by atoms with Crippen molar-refractivity contribution in [3.05, 3.63) is 64.0 Å². The van der Waals surface area contributed by atoms with Crippen LogP contribution in [0.25, 0.3) is 0 Å². The van der Waals surface area contributed by atoms with Crippen LogP contribution < -0.4 is 5.32 Å². The van der Waals surface area contributed by atoms with Gasteiger partial charge in [0.05, 0.1) is 11.0 Å². The number of halogens is 1. The van der Waals surface area contributed by atoms with Gasteiger partial charge in [-0.2, -0.15) is 10.2 Å². The molecule has 3 rings (SSSR count). The highest BCUT2D eigenvalue weighted by Crippen LogP contribution is 2.21. The minimum absolute atomic E-state index is 0.114. The molecule has 2 N–H and O–H groups in total. The molecule has 0 saturated carbocycles. The van der Waals surface area contributed by atoms with Crippen LogP contribution in [0.2, 0.25) is 0 Å². The third kappa shape index (κ3) is 4.43. The normalized spacial score (nSPS) is 12.0. The number of carbonyl (C=O) groups is 2. The molecule has 9 heteroatoms. The zero-order valence-corrected chi connectivity index (χ0v) is 16.3. The van der Waals surface area contributed by atoms with Gasteiger partial charge in [0.2, 0.25) is 0 Å². The lowest BCUT2D eigenvalue weighted by Crippen LogP contribution is -2.18. The fraction of sp³-hybridized carbons (Fsp3) is 0.222. The average Bonchev–Trinajstić information content (AvgIpc) is 3.22. The Morgan fingerprint density at radius 3 is 2.78 bits per heavy atom. The first kappa shape index (κ1) is 18.8. The Morgan fingerprint density at radius 2 is 2.07 bits per heavy atom. The number of nitrogens with zero attached hydrogens (tertiary/aromatic N) is 4. The molecule has 2 heterocycles. The van der Waals surface area contributed by atoms with Crippen molar-refractivity contribution in [2.75, 3.05) is 5.32 Å². The second-order valence-corrected chi connectivity index (χ2v) is 7.02. The zero-order valence-electron chi connectivity index (χ0n) is 14.8. The van der Waals surface area contributed by atoms with Gasteiger partial charge >= 0.3 is 5.97 Å². The van der Waals surface area contributed by atoms with Crippen molar-refractivity contribution < 1.29 is 14.7 Å². The van der Waals surface area contributed by atoms with E-state index in [1.54, 1.807) is 10.9 Å². The predicted molar refractivity (Wildman–Crippen MR) is 103 cm³/mol. The fourth-order valence-corrected chi connectivity index (χ4v) is 2.93. The van der Waals surface area contributed by atoms with Gasteiger partial charge in [0.25, 0.3) is 5.91 Å². The van der Waals surface area contributed by atoms with E-state index in [-0.39, 0.29) is 5.69 Å². The van der Waals surface area contributed by atoms with Gasteiger partial charge in [-0.25, -0.2) is 4.79 Å². The SMILES string of the molecule is Cc1cccc(Cn2cc(Br)c(NC(=O)c3ccn(C(C)C(=O)O)n3)n2)c1. The van der Waals surface area contributed by atoms with Gasteiger partial charge < -0.3 is 10.4 Å². The second kappa shape index (κ2) is 7.75. The van der Waals surface area contributed by atoms with Crippen molar-refractivity contribution in [3.8, 4) is 0 Å². The first-order chi connectivity index (χ1) is 12.8. The van der Waals surface area contributed by atoms with E-state index in [4.69, 9.17) is 5.11 Å². The third-order valence-electron chi connectivity index (χ3n) is 3.97. The van der Waals surface area contributed by atoms with E-state index in [1.165, 1.54) is 29.4 Å². The summed E-state index contributed by atoms with van der Waals surface area (Å²) >= 11 is 3.39. The van der Waals surface area contributed by atoms with Gasteiger partial charge in [0.1, 0.15) is 6.04 Å². The number of hydrogen-bond acceptors (Lipinski definition) is 4. The van der Waals surface area contributed by atoms with E-state index in [1.807, 2.05) is 25.1 Å². The third-order valence-corrected chi connectivity index (χ3v) is 4.55. The molecule has 0 radical (unpaired) electrons. The molecule has 0 aliphatic heterocycles. The molecule has 8 nitrogen and oxygen atoms in total. The molecule has 1 amide bonds. The molecule has 0 aliphatic rings. The Bertz CT molecular complexity index is 995. The number of amides is 1. The first-order valence-corrected chi connectivity index (χ1v) is 9.00. The number of nitrogens with one attached hydrogen (secondary N) is 1. The molecule has 2 aromatic heterocycles. The van der Waals surface area contributed by atoms with Crippen molar-refractivity contribution in [2.24, 2.45) is 0 Å². The molecule has 27 heavy (non-hydrogen) atoms. The highest BCUT2D eigenvalue weighted by atomic mass is 79.9. The van der Waals surface area contributed by atoms with Gasteiger partial charge in [-0.15, -0.1) is 0 Å². The van der Waals surface area contributed by atoms with E-state index in [0.717, 1.165) is 5.56 Å². The number of carbonyl (C=O) groups excluding carboxylic acids is 1. The number of aliphatic carboxylic acids is 1. The summed E-state index contributed by atoms with van der Waals surface area (Å²) in [4.78, 5) is 23.4. The lowest BCUT2D eigenvalue weighted by molar-refractivity contribution is -0.140. The maximum atomic E-state index is 12.4. The Morgan fingerprint density at radius 1 is 1.30 bits per heavy atom. The van der Waals surface area contributed by atoms with Crippen molar-refractivity contribution in [1.29, 1.82) is 0 Å². The largest absolute Gasteiger partial charge is 0.480 e. The summed E-state index contributed by atoms with van der Waals surface area (Å²) in [5.74, 6) is -1.12. The van der Waals surface area contributed by atoms with Crippen LogP contribution in [0.15, 0.2) is 47.2 Å². The highest BCUT2D eigenvalue weighted by molar-refractivity contribution is 9.10. The van der Waals surface area contributed by atoms with E-state index in [9.17, 15) is 9.59 Å². The molecule has 0 bridgehead atoms. The number of hydrogen-bond donors (Lipinski definition) is 2. The lowest BCUT2D eigenvalue weighted by Gasteiger charge is -2.05. The quantitative estimate of drug-likeness (QED) is 0.624. The molecule has 3 aromatic rings. The minimum atomic E-state index is -1.03. The van der Waals surface area contributed by atoms with E-state index in [0.29, 0.717) is 16.8 Å². The monoisotopic (exact) mass is 431 g/mol. The van der Waals surface area contributed by atoms with Crippen LogP contribution in [-0.2, 0) is 11.3 Å². The number of aryl methyl sites for hydroxylation is 1. The van der Waals surface area contributed by atoms with Crippen LogP contribution >= 0.6 is 15.9 Å². The Kier molecular flexibility index (Phi) is 5.41. The highest BCUT2D eigenvalue weighted by Gasteiger charge is 2.18. The summed E-state index contributed by atoms with van der Waals surface area (Å²) in [5, 5.41) is 20.1. The zero-order chi connectivity index (χ0) is 19.6. The number of benzene rings is 1. The fourth-order valence-electron chi connectivity index (χ4n) is 2.52. The van der Waals surface area contributed by atoms with Crippen LogP contribution in [0, 0.1) is 6.92 Å². The number of carboxylic acid groups (broad SMARTS) is 1. The number of carboxylic acids is 1. The predicted octanol–water partition coefficient (Wildman–Crippen LogP) is 3.10. The summed E-state index contributed by atoms with van der Waals surface area (Å²) in [6.07, 6.45) is 3.24. The molecule has 0 aliphatic carbocycles. The van der Waals surface area contributed by atoms with Crippen molar-refractivity contribution >= 4 is 33.6 Å². The van der Waals surface area contributed by atoms with Gasteiger partial charge in [0, 0.05) is 12.4 Å². The summed E-state index contributed by atoms with van der Waals surface area (Å²) in [6, 6.07) is 8.71. The summed E-state index contributed by atoms with van der Waals surface area (Å²) < 4.78 is 3.59. The molecule has 0 spiro atoms. The average molecular weight is 432 g/mol. The first-order valence-electron chi connectivity index (χ1n) is 8.21. The standard InChI is InChI=1S/C18H18BrN5O3/c1-11-4-3-5-13(8-11)9-23-10-14(19)16(22-23)20-17(25)15-6-7-24(21-15)12(2)18(26)27/h3-8,10,12H,9H2,1-2H3,(H,26,27)(H,20,22,25). The smallest absolute Gasteiger partial charge is 0.328 e. The summed E-state index contributed by atoms with van der Waals surface area (Å²) in [7, 11) is 0. The van der Waals surface area contributed by atoms with Gasteiger partial charge in [-0.3, -0.25) is 14.2 Å². The van der Waals surface area contributed by atoms with Gasteiger partial charge in [0.15, 0.2) is 11.5 Å². The topological polar surface area (TPSA) is 102 Å². The summed E-state index contributed by atoms with van der Waals surface area (Å²) in [5.41, 5.74) is 2.38. The van der Waals surface area contributed by atoms with Crippen molar-refractivity contribution in [1.82, 2.24) is 19.6 Å². The molecule has 1 unspecified atom stereocenters. The maximum absolute atomic E-state index is 12.4. The van der Waals surface area contributed by atoms with E-state index >= 15 is 0 Å². The van der Waals surface area contributed by atoms with Crippen LogP contribution in [0.1, 0.15) is 34.6 Å². The van der Waals surface area contributed by atoms with E-state index in [2.05, 4.69) is 37.5 Å². The molecular weight excluding hydrogens is 414 g/mol. The Hall–Kier alpha value is -2.94. The van der Waals surface area contributed by atoms with Crippen LogP contribution in [0.4, 0.5) is 5.82 Å². The Labute approximate surface area is 163 Å². The van der Waals surface area contributed by atoms with Gasteiger partial charge in [-0.1, -0.05) is 29.8 Å². The second-order valence-electron chi connectivity index (χ2n) is 6.16. The lowest BCUT2D eigenvalue weighted by atomic mass is 10.1. The van der Waals surface area contributed by atoms with Crippen LogP contribution in [0.3, 0.4) is 0 Å². The van der Waals surface area contributed by atoms with Crippen LogP contribution in [0.5, 0.6) is 0 Å². The van der Waals surface area contributed by atoms with Gasteiger partial charge in [-0.05, 0) is 41.4 Å². The minimum Gasteiger partial charge on any atom is -0.480 e. The van der Waals surface area contributed by atoms with Crippen molar-refractivity contribution in [2.45, 2.75) is 26.4 Å². The molecule has 1 atom stereocenters. The van der Waals surface area contributed by atoms with Crippen LogP contribution in [-0.4, -0.2) is 36.5 Å². The Balaban J connectivity index is 1.71. The molecular formula is C18H18BrN5O3.